The second-order valence-corrected chi connectivity index (χ2v) is 5.64. The van der Waals surface area contributed by atoms with Gasteiger partial charge in [0, 0.05) is 13.2 Å². The molecule has 0 radical (unpaired) electrons. The number of sulfonamides is 1. The third kappa shape index (κ3) is 4.64. The van der Waals surface area contributed by atoms with Crippen molar-refractivity contribution >= 4 is 15.7 Å². The number of unbranched alkanes of at least 4 members (excludes halogenated alkanes) is 1. The van der Waals surface area contributed by atoms with E-state index in [0.717, 1.165) is 12.8 Å². The first-order valence-electron chi connectivity index (χ1n) is 6.00. The minimum Gasteiger partial charge on any atom is -0.398 e. The highest BCUT2D eigenvalue weighted by Crippen LogP contribution is 2.16. The van der Waals surface area contributed by atoms with E-state index >= 15 is 0 Å². The topological polar surface area (TPSA) is 81.4 Å². The normalized spacial score (nSPS) is 11.6. The van der Waals surface area contributed by atoms with E-state index in [2.05, 4.69) is 11.6 Å². The van der Waals surface area contributed by atoms with E-state index in [9.17, 15) is 8.42 Å². The van der Waals surface area contributed by atoms with E-state index in [1.54, 1.807) is 18.2 Å². The van der Waals surface area contributed by atoms with Crippen LogP contribution in [0.4, 0.5) is 5.69 Å². The zero-order chi connectivity index (χ0) is 13.4. The molecule has 0 aromatic heterocycles. The van der Waals surface area contributed by atoms with Crippen molar-refractivity contribution in [1.82, 2.24) is 4.72 Å². The summed E-state index contributed by atoms with van der Waals surface area (Å²) < 4.78 is 31.5. The van der Waals surface area contributed by atoms with E-state index in [1.165, 1.54) is 6.07 Å². The fraction of sp³-hybridized carbons (Fsp3) is 0.500. The first kappa shape index (κ1) is 14.9. The first-order chi connectivity index (χ1) is 8.58. The highest BCUT2D eigenvalue weighted by atomic mass is 32.2. The predicted octanol–water partition coefficient (Wildman–Crippen LogP) is 1.36. The van der Waals surface area contributed by atoms with E-state index < -0.39 is 10.0 Å². The number of ether oxygens (including phenoxy) is 1. The van der Waals surface area contributed by atoms with Crippen molar-refractivity contribution in [2.24, 2.45) is 0 Å². The molecule has 102 valence electrons. The van der Waals surface area contributed by atoms with Gasteiger partial charge in [0.15, 0.2) is 0 Å². The zero-order valence-electron chi connectivity index (χ0n) is 10.6. The third-order valence-electron chi connectivity index (χ3n) is 2.39. The molecule has 3 N–H and O–H groups in total. The van der Waals surface area contributed by atoms with Crippen LogP contribution >= 0.6 is 0 Å². The van der Waals surface area contributed by atoms with Gasteiger partial charge < -0.3 is 10.5 Å². The van der Waals surface area contributed by atoms with Crippen molar-refractivity contribution < 1.29 is 13.2 Å². The van der Waals surface area contributed by atoms with Crippen LogP contribution in [0.25, 0.3) is 0 Å². The number of para-hydroxylation sites is 1. The second-order valence-electron chi connectivity index (χ2n) is 3.90. The maximum atomic E-state index is 11.9. The molecule has 0 aliphatic heterocycles. The summed E-state index contributed by atoms with van der Waals surface area (Å²) in [5, 5.41) is 0. The highest BCUT2D eigenvalue weighted by Gasteiger charge is 2.15. The molecule has 6 heteroatoms. The lowest BCUT2D eigenvalue weighted by atomic mass is 10.3. The van der Waals surface area contributed by atoms with Crippen molar-refractivity contribution in [1.29, 1.82) is 0 Å². The molecule has 0 spiro atoms. The summed E-state index contributed by atoms with van der Waals surface area (Å²) in [6.45, 7) is 3.35. The number of nitrogens with two attached hydrogens (primary N) is 1. The third-order valence-corrected chi connectivity index (χ3v) is 3.92. The van der Waals surface area contributed by atoms with Gasteiger partial charge >= 0.3 is 0 Å². The number of rotatable bonds is 8. The standard InChI is InChI=1S/C12H20N2O3S/c1-2-3-9-17-10-8-14-18(15,16)12-7-5-4-6-11(12)13/h4-7,14H,2-3,8-10,13H2,1H3. The number of nitrogens with one attached hydrogen (secondary N) is 1. The van der Waals surface area contributed by atoms with Crippen LogP contribution in [0.5, 0.6) is 0 Å². The average molecular weight is 272 g/mol. The molecule has 0 aliphatic rings. The molecule has 0 bridgehead atoms. The van der Waals surface area contributed by atoms with Crippen LogP contribution in [-0.2, 0) is 14.8 Å². The number of anilines is 1. The first-order valence-corrected chi connectivity index (χ1v) is 7.48. The van der Waals surface area contributed by atoms with Gasteiger partial charge in [-0.1, -0.05) is 25.5 Å². The molecular formula is C12H20N2O3S. The molecular weight excluding hydrogens is 252 g/mol. The van der Waals surface area contributed by atoms with Crippen LogP contribution in [-0.4, -0.2) is 28.2 Å². The molecule has 0 aliphatic carbocycles. The summed E-state index contributed by atoms with van der Waals surface area (Å²) in [4.78, 5) is 0.110. The Balaban J connectivity index is 2.44. The SMILES string of the molecule is CCCCOCCNS(=O)(=O)c1ccccc1N. The van der Waals surface area contributed by atoms with Gasteiger partial charge in [0.1, 0.15) is 4.90 Å². The fourth-order valence-electron chi connectivity index (χ4n) is 1.40. The van der Waals surface area contributed by atoms with Crippen LogP contribution in [0.1, 0.15) is 19.8 Å². The van der Waals surface area contributed by atoms with Crippen molar-refractivity contribution in [2.75, 3.05) is 25.5 Å². The maximum absolute atomic E-state index is 11.9. The Hall–Kier alpha value is -1.11. The van der Waals surface area contributed by atoms with Gasteiger partial charge in [-0.3, -0.25) is 0 Å². The van der Waals surface area contributed by atoms with Gasteiger partial charge in [-0.2, -0.15) is 0 Å². The molecule has 18 heavy (non-hydrogen) atoms. The second kappa shape index (κ2) is 7.35. The Kier molecular flexibility index (Phi) is 6.11. The molecule has 0 fully saturated rings. The van der Waals surface area contributed by atoms with Crippen LogP contribution in [0.2, 0.25) is 0 Å². The molecule has 1 aromatic carbocycles. The van der Waals surface area contributed by atoms with Crippen molar-refractivity contribution in [3.8, 4) is 0 Å². The van der Waals surface area contributed by atoms with Crippen LogP contribution in [0.3, 0.4) is 0 Å². The van der Waals surface area contributed by atoms with Gasteiger partial charge in [0.2, 0.25) is 10.0 Å². The lowest BCUT2D eigenvalue weighted by Crippen LogP contribution is -2.28. The maximum Gasteiger partial charge on any atom is 0.242 e. The molecule has 1 rings (SSSR count). The molecule has 0 saturated heterocycles. The molecule has 0 heterocycles. The summed E-state index contributed by atoms with van der Waals surface area (Å²) >= 11 is 0. The molecule has 0 unspecified atom stereocenters. The van der Waals surface area contributed by atoms with Gasteiger partial charge in [0.25, 0.3) is 0 Å². The van der Waals surface area contributed by atoms with Crippen LogP contribution < -0.4 is 10.5 Å². The molecule has 0 saturated carbocycles. The van der Waals surface area contributed by atoms with Crippen LogP contribution in [0.15, 0.2) is 29.2 Å². The predicted molar refractivity (Wildman–Crippen MR) is 71.8 cm³/mol. The lowest BCUT2D eigenvalue weighted by Gasteiger charge is -2.09. The molecule has 0 amide bonds. The molecule has 0 atom stereocenters. The van der Waals surface area contributed by atoms with Crippen LogP contribution in [0, 0.1) is 0 Å². The average Bonchev–Trinajstić information content (AvgIpc) is 2.34. The summed E-state index contributed by atoms with van der Waals surface area (Å²) in [6.07, 6.45) is 2.05. The number of benzene rings is 1. The fourth-order valence-corrected chi connectivity index (χ4v) is 2.54. The zero-order valence-corrected chi connectivity index (χ0v) is 11.4. The van der Waals surface area contributed by atoms with Gasteiger partial charge in [-0.05, 0) is 18.6 Å². The van der Waals surface area contributed by atoms with Gasteiger partial charge in [-0.15, -0.1) is 0 Å². The van der Waals surface area contributed by atoms with Gasteiger partial charge in [-0.25, -0.2) is 13.1 Å². The number of hydrogen-bond acceptors (Lipinski definition) is 4. The smallest absolute Gasteiger partial charge is 0.242 e. The Morgan fingerprint density at radius 2 is 2.00 bits per heavy atom. The van der Waals surface area contributed by atoms with E-state index in [4.69, 9.17) is 10.5 Å². The minimum atomic E-state index is -3.54. The van der Waals surface area contributed by atoms with Gasteiger partial charge in [0.05, 0.1) is 12.3 Å². The van der Waals surface area contributed by atoms with E-state index in [-0.39, 0.29) is 17.1 Å². The summed E-state index contributed by atoms with van der Waals surface area (Å²) in [5.74, 6) is 0. The van der Waals surface area contributed by atoms with Crippen molar-refractivity contribution in [2.45, 2.75) is 24.7 Å². The molecule has 5 nitrogen and oxygen atoms in total. The van der Waals surface area contributed by atoms with E-state index in [1.807, 2.05) is 0 Å². The van der Waals surface area contributed by atoms with Crippen molar-refractivity contribution in [3.05, 3.63) is 24.3 Å². The Morgan fingerprint density at radius 3 is 2.67 bits per heavy atom. The summed E-state index contributed by atoms with van der Waals surface area (Å²) in [6, 6.07) is 6.38. The summed E-state index contributed by atoms with van der Waals surface area (Å²) in [5.41, 5.74) is 5.87. The Labute approximate surface area is 108 Å². The highest BCUT2D eigenvalue weighted by molar-refractivity contribution is 7.89. The summed E-state index contributed by atoms with van der Waals surface area (Å²) in [7, 11) is -3.54. The lowest BCUT2D eigenvalue weighted by molar-refractivity contribution is 0.136. The minimum absolute atomic E-state index is 0.110. The number of nitrogen functional groups attached to an aromatic ring is 1. The molecule has 1 aromatic rings. The van der Waals surface area contributed by atoms with Crippen molar-refractivity contribution in [3.63, 3.8) is 0 Å². The monoisotopic (exact) mass is 272 g/mol. The van der Waals surface area contributed by atoms with E-state index in [0.29, 0.717) is 13.2 Å². The number of hydrogen-bond donors (Lipinski definition) is 2. The quantitative estimate of drug-likeness (QED) is 0.553. The Bertz CT molecular complexity index is 460. The Morgan fingerprint density at radius 1 is 1.28 bits per heavy atom. The largest absolute Gasteiger partial charge is 0.398 e.